The first kappa shape index (κ1) is 30.2. The van der Waals surface area contributed by atoms with Gasteiger partial charge in [-0.2, -0.15) is 0 Å². The summed E-state index contributed by atoms with van der Waals surface area (Å²) in [5.41, 5.74) is 3.02. The third kappa shape index (κ3) is 7.56. The molecule has 228 valence electrons. The van der Waals surface area contributed by atoms with Crippen molar-refractivity contribution in [3.63, 3.8) is 0 Å². The summed E-state index contributed by atoms with van der Waals surface area (Å²) in [6.07, 6.45) is 2.41. The lowest BCUT2D eigenvalue weighted by Crippen LogP contribution is -2.45. The van der Waals surface area contributed by atoms with Crippen molar-refractivity contribution < 1.29 is 37.0 Å². The molecule has 1 aliphatic carbocycles. The van der Waals surface area contributed by atoms with Crippen molar-refractivity contribution >= 4 is 17.6 Å². The zero-order valence-electron chi connectivity index (χ0n) is 24.1. The molecule has 1 saturated carbocycles. The molecular formula is C32H39F3N2O5. The minimum absolute atomic E-state index is 0.0119. The van der Waals surface area contributed by atoms with Crippen LogP contribution in [0.1, 0.15) is 74.5 Å². The predicted octanol–water partition coefficient (Wildman–Crippen LogP) is 6.38. The molecule has 0 spiro atoms. The summed E-state index contributed by atoms with van der Waals surface area (Å²) in [6.45, 7) is 4.34. The van der Waals surface area contributed by atoms with Gasteiger partial charge >= 0.3 is 12.3 Å². The number of likely N-dealkylation sites (tertiary alicyclic amines) is 1. The van der Waals surface area contributed by atoms with Gasteiger partial charge in [-0.05, 0) is 92.4 Å². The van der Waals surface area contributed by atoms with Gasteiger partial charge in [-0.1, -0.05) is 31.4 Å². The van der Waals surface area contributed by atoms with Gasteiger partial charge in [0.05, 0.1) is 19.1 Å². The van der Waals surface area contributed by atoms with Crippen LogP contribution in [0.3, 0.4) is 0 Å². The molecule has 1 saturated heterocycles. The Bertz CT molecular complexity index is 1260. The van der Waals surface area contributed by atoms with Crippen LogP contribution in [0.2, 0.25) is 0 Å². The standard InChI is InChI=1S/C32H39F3N2O5/c1-2-40-31(39)25-9-6-15-36(19-25)20-30(38)37-16-14-24-18-26(11-13-28(24)37)41-21-22-10-12-27(23-7-4-3-5-8-23)29(17-22)42-32(33,34)35/h10-13,17-18,23,25H,2-9,14-16,19-21H2,1H3/t25-/m1/s1. The Kier molecular flexibility index (Phi) is 9.60. The van der Waals surface area contributed by atoms with Gasteiger partial charge < -0.3 is 19.1 Å². The maximum Gasteiger partial charge on any atom is 0.573 e. The van der Waals surface area contributed by atoms with E-state index in [9.17, 15) is 22.8 Å². The Morgan fingerprint density at radius 1 is 0.976 bits per heavy atom. The average molecular weight is 589 g/mol. The molecule has 42 heavy (non-hydrogen) atoms. The number of rotatable bonds is 9. The summed E-state index contributed by atoms with van der Waals surface area (Å²) in [7, 11) is 0. The second-order valence-electron chi connectivity index (χ2n) is 11.5. The number of amides is 1. The minimum Gasteiger partial charge on any atom is -0.489 e. The molecular weight excluding hydrogens is 549 g/mol. The highest BCUT2D eigenvalue weighted by Gasteiger charge is 2.34. The summed E-state index contributed by atoms with van der Waals surface area (Å²) in [4.78, 5) is 29.2. The first-order chi connectivity index (χ1) is 20.2. The molecule has 1 amide bonds. The van der Waals surface area contributed by atoms with Crippen molar-refractivity contribution in [1.29, 1.82) is 0 Å². The molecule has 0 bridgehead atoms. The van der Waals surface area contributed by atoms with E-state index >= 15 is 0 Å². The lowest BCUT2D eigenvalue weighted by Gasteiger charge is -2.32. The van der Waals surface area contributed by atoms with Gasteiger partial charge in [0.25, 0.3) is 0 Å². The van der Waals surface area contributed by atoms with Crippen LogP contribution < -0.4 is 14.4 Å². The number of carbonyl (C=O) groups excluding carboxylic acids is 2. The molecule has 10 heteroatoms. The van der Waals surface area contributed by atoms with Gasteiger partial charge in [-0.15, -0.1) is 13.2 Å². The van der Waals surface area contributed by atoms with Crippen LogP contribution in [0.25, 0.3) is 0 Å². The molecule has 1 atom stereocenters. The number of hydrogen-bond donors (Lipinski definition) is 0. The Labute approximate surface area is 244 Å². The van der Waals surface area contributed by atoms with Crippen LogP contribution in [0.5, 0.6) is 11.5 Å². The van der Waals surface area contributed by atoms with E-state index in [1.165, 1.54) is 6.07 Å². The molecule has 5 rings (SSSR count). The molecule has 2 aromatic rings. The summed E-state index contributed by atoms with van der Waals surface area (Å²) in [5.74, 6) is 0.117. The number of nitrogens with zero attached hydrogens (tertiary/aromatic N) is 2. The van der Waals surface area contributed by atoms with Gasteiger partial charge in [0.15, 0.2) is 0 Å². The van der Waals surface area contributed by atoms with Gasteiger partial charge in [-0.25, -0.2) is 0 Å². The molecule has 0 aromatic heterocycles. The Morgan fingerprint density at radius 2 is 1.79 bits per heavy atom. The highest BCUT2D eigenvalue weighted by atomic mass is 19.4. The summed E-state index contributed by atoms with van der Waals surface area (Å²) in [6, 6.07) is 10.5. The number of carbonyl (C=O) groups is 2. The van der Waals surface area contributed by atoms with E-state index < -0.39 is 6.36 Å². The number of alkyl halides is 3. The third-order valence-electron chi connectivity index (χ3n) is 8.49. The fourth-order valence-corrected chi connectivity index (χ4v) is 6.45. The number of halogens is 3. The fourth-order valence-electron chi connectivity index (χ4n) is 6.45. The topological polar surface area (TPSA) is 68.3 Å². The van der Waals surface area contributed by atoms with Crippen molar-refractivity contribution in [3.05, 3.63) is 53.1 Å². The van der Waals surface area contributed by atoms with Gasteiger partial charge in [0.2, 0.25) is 5.91 Å². The number of ether oxygens (including phenoxy) is 3. The first-order valence-electron chi connectivity index (χ1n) is 15.0. The first-order valence-corrected chi connectivity index (χ1v) is 15.0. The largest absolute Gasteiger partial charge is 0.573 e. The maximum absolute atomic E-state index is 13.2. The number of esters is 1. The SMILES string of the molecule is CCOC(=O)[C@@H]1CCCN(CC(=O)N2CCc3cc(OCc4ccc(C5CCCCC5)c(OC(F)(F)F)c4)ccc32)C1. The van der Waals surface area contributed by atoms with E-state index in [0.29, 0.717) is 43.0 Å². The van der Waals surface area contributed by atoms with E-state index in [-0.39, 0.29) is 42.6 Å². The number of fused-ring (bicyclic) bond motifs is 1. The fraction of sp³-hybridized carbons (Fsp3) is 0.562. The van der Waals surface area contributed by atoms with E-state index in [2.05, 4.69) is 4.74 Å². The highest BCUT2D eigenvalue weighted by Crippen LogP contribution is 2.40. The third-order valence-corrected chi connectivity index (χ3v) is 8.49. The number of hydrogen-bond acceptors (Lipinski definition) is 6. The van der Waals surface area contributed by atoms with E-state index in [0.717, 1.165) is 62.7 Å². The van der Waals surface area contributed by atoms with Crippen molar-refractivity contribution in [1.82, 2.24) is 4.90 Å². The van der Waals surface area contributed by atoms with Gasteiger partial charge in [-0.3, -0.25) is 14.5 Å². The van der Waals surface area contributed by atoms with E-state index in [4.69, 9.17) is 9.47 Å². The number of benzene rings is 2. The highest BCUT2D eigenvalue weighted by molar-refractivity contribution is 5.97. The number of piperidine rings is 1. The summed E-state index contributed by atoms with van der Waals surface area (Å²) < 4.78 is 55.2. The van der Waals surface area contributed by atoms with Crippen LogP contribution in [-0.4, -0.2) is 55.9 Å². The van der Waals surface area contributed by atoms with E-state index in [1.807, 2.05) is 23.1 Å². The average Bonchev–Trinajstić information content (AvgIpc) is 3.40. The summed E-state index contributed by atoms with van der Waals surface area (Å²) >= 11 is 0. The zero-order valence-corrected chi connectivity index (χ0v) is 24.1. The lowest BCUT2D eigenvalue weighted by molar-refractivity contribution is -0.275. The van der Waals surface area contributed by atoms with Crippen LogP contribution in [0, 0.1) is 5.92 Å². The Morgan fingerprint density at radius 3 is 2.55 bits per heavy atom. The van der Waals surface area contributed by atoms with Crippen molar-refractivity contribution in [2.45, 2.75) is 77.2 Å². The molecule has 2 aliphatic heterocycles. The van der Waals surface area contributed by atoms with Gasteiger partial charge in [0.1, 0.15) is 18.1 Å². The van der Waals surface area contributed by atoms with Crippen molar-refractivity contribution in [3.8, 4) is 11.5 Å². The van der Waals surface area contributed by atoms with Crippen molar-refractivity contribution in [2.24, 2.45) is 5.92 Å². The quantitative estimate of drug-likeness (QED) is 0.317. The molecule has 2 aromatic carbocycles. The van der Waals surface area contributed by atoms with Crippen LogP contribution >= 0.6 is 0 Å². The molecule has 2 fully saturated rings. The van der Waals surface area contributed by atoms with Crippen LogP contribution in [0.4, 0.5) is 18.9 Å². The Balaban J connectivity index is 1.20. The lowest BCUT2D eigenvalue weighted by atomic mass is 9.83. The van der Waals surface area contributed by atoms with Crippen molar-refractivity contribution in [2.75, 3.05) is 37.7 Å². The molecule has 7 nitrogen and oxygen atoms in total. The smallest absolute Gasteiger partial charge is 0.489 e. The van der Waals surface area contributed by atoms with E-state index in [1.54, 1.807) is 24.0 Å². The maximum atomic E-state index is 13.2. The molecule has 0 N–H and O–H groups in total. The molecule has 0 unspecified atom stereocenters. The zero-order chi connectivity index (χ0) is 29.7. The normalized spacial score (nSPS) is 19.8. The second-order valence-corrected chi connectivity index (χ2v) is 11.5. The Hall–Kier alpha value is -3.27. The second kappa shape index (κ2) is 13.4. The van der Waals surface area contributed by atoms with Crippen LogP contribution in [-0.2, 0) is 27.4 Å². The minimum atomic E-state index is -4.76. The monoisotopic (exact) mass is 588 g/mol. The summed E-state index contributed by atoms with van der Waals surface area (Å²) in [5, 5.41) is 0. The van der Waals surface area contributed by atoms with Gasteiger partial charge in [0, 0.05) is 18.8 Å². The molecule has 2 heterocycles. The van der Waals surface area contributed by atoms with Crippen LogP contribution in [0.15, 0.2) is 36.4 Å². The molecule has 0 radical (unpaired) electrons. The number of anilines is 1. The predicted molar refractivity (Wildman–Crippen MR) is 152 cm³/mol. The molecule has 3 aliphatic rings.